The van der Waals surface area contributed by atoms with Crippen molar-refractivity contribution >= 4 is 11.6 Å². The Balaban J connectivity index is 3.11. The van der Waals surface area contributed by atoms with E-state index in [1.807, 2.05) is 0 Å². The number of nitrogens with two attached hydrogens (primary N) is 1. The maximum atomic E-state index is 13.6. The number of rotatable bonds is 4. The average Bonchev–Trinajstić information content (AvgIpc) is 2.23. The van der Waals surface area contributed by atoms with Crippen molar-refractivity contribution in [3.8, 4) is 11.5 Å². The van der Waals surface area contributed by atoms with E-state index in [0.29, 0.717) is 19.4 Å². The van der Waals surface area contributed by atoms with Crippen LogP contribution in [0.1, 0.15) is 12.0 Å². The third kappa shape index (κ3) is 2.52. The minimum Gasteiger partial charge on any atom is -0.507 e. The molecule has 5 heteroatoms. The molecule has 15 heavy (non-hydrogen) atoms. The van der Waals surface area contributed by atoms with Gasteiger partial charge in [0.1, 0.15) is 16.5 Å². The van der Waals surface area contributed by atoms with Crippen molar-refractivity contribution in [1.29, 1.82) is 0 Å². The summed E-state index contributed by atoms with van der Waals surface area (Å²) < 4.78 is 18.4. The molecule has 1 aromatic carbocycles. The second-order valence-electron chi connectivity index (χ2n) is 3.10. The second-order valence-corrected chi connectivity index (χ2v) is 3.47. The lowest BCUT2D eigenvalue weighted by molar-refractivity contribution is 0.400. The highest BCUT2D eigenvalue weighted by Gasteiger charge is 2.16. The van der Waals surface area contributed by atoms with E-state index in [0.717, 1.165) is 0 Å². The normalized spacial score (nSPS) is 10.4. The number of ether oxygens (including phenoxy) is 1. The largest absolute Gasteiger partial charge is 0.507 e. The highest BCUT2D eigenvalue weighted by molar-refractivity contribution is 6.32. The number of phenolic OH excluding ortho intramolecular Hbond substituents is 1. The van der Waals surface area contributed by atoms with Gasteiger partial charge in [0.2, 0.25) is 0 Å². The molecule has 0 aliphatic rings. The lowest BCUT2D eigenvalue weighted by Gasteiger charge is -2.10. The molecule has 0 aromatic heterocycles. The van der Waals surface area contributed by atoms with Crippen molar-refractivity contribution in [2.45, 2.75) is 12.8 Å². The van der Waals surface area contributed by atoms with Crippen LogP contribution in [0.4, 0.5) is 4.39 Å². The molecule has 0 saturated carbocycles. The molecule has 1 rings (SSSR count). The molecule has 0 saturated heterocycles. The Morgan fingerprint density at radius 2 is 2.27 bits per heavy atom. The summed E-state index contributed by atoms with van der Waals surface area (Å²) in [7, 11) is 1.36. The third-order valence-electron chi connectivity index (χ3n) is 2.10. The SMILES string of the molecule is COc1cc(O)c(CCCN)c(F)c1Cl. The molecule has 0 amide bonds. The van der Waals surface area contributed by atoms with E-state index < -0.39 is 5.82 Å². The summed E-state index contributed by atoms with van der Waals surface area (Å²) in [6, 6.07) is 1.30. The van der Waals surface area contributed by atoms with Crippen LogP contribution < -0.4 is 10.5 Å². The van der Waals surface area contributed by atoms with Gasteiger partial charge in [0.15, 0.2) is 5.82 Å². The summed E-state index contributed by atoms with van der Waals surface area (Å²) in [5.41, 5.74) is 5.50. The zero-order valence-electron chi connectivity index (χ0n) is 8.39. The summed E-state index contributed by atoms with van der Waals surface area (Å²) in [5.74, 6) is -0.660. The van der Waals surface area contributed by atoms with E-state index in [1.165, 1.54) is 13.2 Å². The Morgan fingerprint density at radius 3 is 2.80 bits per heavy atom. The van der Waals surface area contributed by atoms with Gasteiger partial charge in [-0.25, -0.2) is 4.39 Å². The highest BCUT2D eigenvalue weighted by Crippen LogP contribution is 2.35. The van der Waals surface area contributed by atoms with E-state index in [9.17, 15) is 9.50 Å². The Hall–Kier alpha value is -1.00. The number of phenols is 1. The summed E-state index contributed by atoms with van der Waals surface area (Å²) in [4.78, 5) is 0. The van der Waals surface area contributed by atoms with Gasteiger partial charge in [0.05, 0.1) is 7.11 Å². The van der Waals surface area contributed by atoms with Gasteiger partial charge in [0.25, 0.3) is 0 Å². The lowest BCUT2D eigenvalue weighted by Crippen LogP contribution is -2.02. The predicted molar refractivity (Wildman–Crippen MR) is 57.0 cm³/mol. The van der Waals surface area contributed by atoms with Crippen LogP contribution in [0.5, 0.6) is 11.5 Å². The zero-order chi connectivity index (χ0) is 11.4. The van der Waals surface area contributed by atoms with Gasteiger partial charge in [-0.3, -0.25) is 0 Å². The van der Waals surface area contributed by atoms with E-state index in [2.05, 4.69) is 0 Å². The van der Waals surface area contributed by atoms with E-state index >= 15 is 0 Å². The van der Waals surface area contributed by atoms with Crippen molar-refractivity contribution in [3.63, 3.8) is 0 Å². The Kier molecular flexibility index (Phi) is 4.17. The molecule has 0 spiro atoms. The number of aromatic hydroxyl groups is 1. The summed E-state index contributed by atoms with van der Waals surface area (Å²) >= 11 is 5.71. The third-order valence-corrected chi connectivity index (χ3v) is 2.45. The van der Waals surface area contributed by atoms with E-state index in [4.69, 9.17) is 22.1 Å². The maximum absolute atomic E-state index is 13.6. The Bertz CT molecular complexity index is 358. The van der Waals surface area contributed by atoms with Crippen LogP contribution in [0.25, 0.3) is 0 Å². The van der Waals surface area contributed by atoms with Crippen molar-refractivity contribution in [2.75, 3.05) is 13.7 Å². The first-order valence-electron chi connectivity index (χ1n) is 4.55. The maximum Gasteiger partial charge on any atom is 0.152 e. The Labute approximate surface area is 92.6 Å². The molecule has 0 radical (unpaired) electrons. The quantitative estimate of drug-likeness (QED) is 0.837. The molecule has 0 unspecified atom stereocenters. The van der Waals surface area contributed by atoms with Crippen LogP contribution >= 0.6 is 11.6 Å². The Morgan fingerprint density at radius 1 is 1.60 bits per heavy atom. The van der Waals surface area contributed by atoms with E-state index in [-0.39, 0.29) is 22.1 Å². The molecule has 0 fully saturated rings. The van der Waals surface area contributed by atoms with E-state index in [1.54, 1.807) is 0 Å². The van der Waals surface area contributed by atoms with Crippen LogP contribution in [-0.2, 0) is 6.42 Å². The molecule has 3 N–H and O–H groups in total. The molecule has 0 aliphatic carbocycles. The monoisotopic (exact) mass is 233 g/mol. The molecule has 84 valence electrons. The van der Waals surface area contributed by atoms with Crippen LogP contribution in [-0.4, -0.2) is 18.8 Å². The fraction of sp³-hybridized carbons (Fsp3) is 0.400. The highest BCUT2D eigenvalue weighted by atomic mass is 35.5. The topological polar surface area (TPSA) is 55.5 Å². The summed E-state index contributed by atoms with van der Waals surface area (Å²) in [6.07, 6.45) is 0.949. The number of halogens is 2. The average molecular weight is 234 g/mol. The molecule has 1 aromatic rings. The van der Waals surface area contributed by atoms with Gasteiger partial charge in [-0.2, -0.15) is 0 Å². The number of hydrogen-bond acceptors (Lipinski definition) is 3. The van der Waals surface area contributed by atoms with Gasteiger partial charge in [-0.15, -0.1) is 0 Å². The molecule has 3 nitrogen and oxygen atoms in total. The number of benzene rings is 1. The molecule has 0 aliphatic heterocycles. The van der Waals surface area contributed by atoms with Gasteiger partial charge >= 0.3 is 0 Å². The summed E-state index contributed by atoms with van der Waals surface area (Å²) in [5, 5.41) is 9.43. The second kappa shape index (κ2) is 5.19. The molecule has 0 atom stereocenters. The van der Waals surface area contributed by atoms with Crippen LogP contribution in [0.2, 0.25) is 5.02 Å². The first-order chi connectivity index (χ1) is 7.11. The molecular weight excluding hydrogens is 221 g/mol. The van der Waals surface area contributed by atoms with Crippen molar-refractivity contribution < 1.29 is 14.2 Å². The van der Waals surface area contributed by atoms with Gasteiger partial charge < -0.3 is 15.6 Å². The van der Waals surface area contributed by atoms with Crippen LogP contribution in [0.3, 0.4) is 0 Å². The standard InChI is InChI=1S/C10H13ClFNO2/c1-15-8-5-7(14)6(3-2-4-13)10(12)9(8)11/h5,14H,2-4,13H2,1H3. The van der Waals surface area contributed by atoms with Gasteiger partial charge in [-0.1, -0.05) is 11.6 Å². The van der Waals surface area contributed by atoms with Crippen molar-refractivity contribution in [1.82, 2.24) is 0 Å². The number of methoxy groups -OCH3 is 1. The predicted octanol–water partition coefficient (Wildman–Crippen LogP) is 2.08. The van der Waals surface area contributed by atoms with Crippen LogP contribution in [0.15, 0.2) is 6.07 Å². The van der Waals surface area contributed by atoms with Crippen molar-refractivity contribution in [3.05, 3.63) is 22.5 Å². The number of hydrogen-bond donors (Lipinski definition) is 2. The van der Waals surface area contributed by atoms with Gasteiger partial charge in [0, 0.05) is 11.6 Å². The first kappa shape index (κ1) is 12.1. The fourth-order valence-electron chi connectivity index (χ4n) is 1.29. The molecule has 0 heterocycles. The molecular formula is C10H13ClFNO2. The fourth-order valence-corrected chi connectivity index (χ4v) is 1.54. The molecule has 0 bridgehead atoms. The minimum atomic E-state index is -0.637. The van der Waals surface area contributed by atoms with Crippen LogP contribution in [0, 0.1) is 5.82 Å². The minimum absolute atomic E-state index is 0.109. The summed E-state index contributed by atoms with van der Waals surface area (Å²) in [6.45, 7) is 0.433. The first-order valence-corrected chi connectivity index (χ1v) is 4.93. The lowest BCUT2D eigenvalue weighted by atomic mass is 10.1. The zero-order valence-corrected chi connectivity index (χ0v) is 9.14. The van der Waals surface area contributed by atoms with Gasteiger partial charge in [-0.05, 0) is 19.4 Å². The van der Waals surface area contributed by atoms with Crippen molar-refractivity contribution in [2.24, 2.45) is 5.73 Å². The smallest absolute Gasteiger partial charge is 0.152 e.